The van der Waals surface area contributed by atoms with Gasteiger partial charge in [-0.2, -0.15) is 0 Å². The summed E-state index contributed by atoms with van der Waals surface area (Å²) in [5.74, 6) is 0.667. The molecular formula is C19H26N4O2S. The Morgan fingerprint density at radius 3 is 2.42 bits per heavy atom. The van der Waals surface area contributed by atoms with Crippen LogP contribution in [0.25, 0.3) is 11.0 Å². The Balaban J connectivity index is 1.58. The maximum Gasteiger partial charge on any atom is 0.233 e. The van der Waals surface area contributed by atoms with Gasteiger partial charge in [-0.05, 0) is 19.1 Å². The van der Waals surface area contributed by atoms with E-state index in [1.807, 2.05) is 41.8 Å². The highest BCUT2D eigenvalue weighted by Gasteiger charge is 2.25. The second-order valence-electron chi connectivity index (χ2n) is 6.78. The van der Waals surface area contributed by atoms with Crippen molar-refractivity contribution in [3.8, 4) is 0 Å². The molecule has 7 heteroatoms. The van der Waals surface area contributed by atoms with Gasteiger partial charge in [0.15, 0.2) is 5.16 Å². The highest BCUT2D eigenvalue weighted by Crippen LogP contribution is 2.24. The van der Waals surface area contributed by atoms with Crippen LogP contribution in [0.15, 0.2) is 29.4 Å². The summed E-state index contributed by atoms with van der Waals surface area (Å²) >= 11 is 1.49. The summed E-state index contributed by atoms with van der Waals surface area (Å²) in [6.07, 6.45) is 0. The van der Waals surface area contributed by atoms with Crippen molar-refractivity contribution in [1.82, 2.24) is 19.4 Å². The lowest BCUT2D eigenvalue weighted by molar-refractivity contribution is -0.140. The number of imidazole rings is 1. The second-order valence-corrected chi connectivity index (χ2v) is 7.72. The number of carbonyl (C=O) groups excluding carboxylic acids is 2. The zero-order valence-electron chi connectivity index (χ0n) is 15.6. The van der Waals surface area contributed by atoms with Gasteiger partial charge in [0, 0.05) is 38.6 Å². The standard InChI is InChI=1S/C19H26N4O2S/c1-4-23-16-8-6-5-7-15(16)20-19(23)26-13-17(24)21-9-11-22(12-10-21)18(25)14(2)3/h5-8,14H,4,9-13H2,1-3H3. The maximum absolute atomic E-state index is 12.6. The quantitative estimate of drug-likeness (QED) is 0.755. The summed E-state index contributed by atoms with van der Waals surface area (Å²) in [5, 5.41) is 0.885. The molecule has 26 heavy (non-hydrogen) atoms. The summed E-state index contributed by atoms with van der Waals surface area (Å²) in [4.78, 5) is 33.0. The van der Waals surface area contributed by atoms with Gasteiger partial charge >= 0.3 is 0 Å². The summed E-state index contributed by atoms with van der Waals surface area (Å²) in [7, 11) is 0. The Hall–Kier alpha value is -2.02. The summed E-state index contributed by atoms with van der Waals surface area (Å²) in [6.45, 7) is 9.22. The molecule has 1 fully saturated rings. The van der Waals surface area contributed by atoms with Crippen molar-refractivity contribution in [2.24, 2.45) is 5.92 Å². The number of hydrogen-bond acceptors (Lipinski definition) is 4. The van der Waals surface area contributed by atoms with Crippen molar-refractivity contribution in [3.05, 3.63) is 24.3 Å². The molecule has 0 bridgehead atoms. The van der Waals surface area contributed by atoms with Gasteiger partial charge in [-0.1, -0.05) is 37.7 Å². The van der Waals surface area contributed by atoms with Crippen LogP contribution in [0.4, 0.5) is 0 Å². The normalized spacial score (nSPS) is 15.1. The van der Waals surface area contributed by atoms with Gasteiger partial charge < -0.3 is 14.4 Å². The number of aryl methyl sites for hydroxylation is 1. The number of fused-ring (bicyclic) bond motifs is 1. The van der Waals surface area contributed by atoms with Crippen molar-refractivity contribution in [2.75, 3.05) is 31.9 Å². The third-order valence-corrected chi connectivity index (χ3v) is 5.66. The first-order chi connectivity index (χ1) is 12.5. The molecule has 1 aromatic carbocycles. The van der Waals surface area contributed by atoms with E-state index in [-0.39, 0.29) is 17.7 Å². The number of amides is 2. The van der Waals surface area contributed by atoms with Crippen molar-refractivity contribution in [3.63, 3.8) is 0 Å². The summed E-state index contributed by atoms with van der Waals surface area (Å²) in [5.41, 5.74) is 2.07. The van der Waals surface area contributed by atoms with E-state index >= 15 is 0 Å². The van der Waals surface area contributed by atoms with Gasteiger partial charge in [-0.3, -0.25) is 9.59 Å². The molecule has 1 aromatic heterocycles. The Bertz CT molecular complexity index is 794. The molecule has 1 aliphatic rings. The fourth-order valence-corrected chi connectivity index (χ4v) is 4.21. The number of nitrogens with zero attached hydrogens (tertiary/aromatic N) is 4. The number of para-hydroxylation sites is 2. The topological polar surface area (TPSA) is 58.4 Å². The van der Waals surface area contributed by atoms with E-state index < -0.39 is 0 Å². The molecule has 0 N–H and O–H groups in total. The smallest absolute Gasteiger partial charge is 0.233 e. The molecule has 2 aromatic rings. The molecular weight excluding hydrogens is 348 g/mol. The van der Waals surface area contributed by atoms with Gasteiger partial charge in [0.2, 0.25) is 11.8 Å². The number of thioether (sulfide) groups is 1. The van der Waals surface area contributed by atoms with E-state index in [4.69, 9.17) is 0 Å². The van der Waals surface area contributed by atoms with Gasteiger partial charge in [0.1, 0.15) is 0 Å². The molecule has 0 spiro atoms. The number of aromatic nitrogens is 2. The van der Waals surface area contributed by atoms with Gasteiger partial charge in [-0.15, -0.1) is 0 Å². The zero-order chi connectivity index (χ0) is 18.7. The molecule has 1 saturated heterocycles. The lowest BCUT2D eigenvalue weighted by atomic mass is 10.1. The lowest BCUT2D eigenvalue weighted by Gasteiger charge is -2.35. The Morgan fingerprint density at radius 2 is 1.77 bits per heavy atom. The SMILES string of the molecule is CCn1c(SCC(=O)N2CCN(C(=O)C(C)C)CC2)nc2ccccc21. The number of hydrogen-bond donors (Lipinski definition) is 0. The number of piperazine rings is 1. The van der Waals surface area contributed by atoms with Crippen LogP contribution in [0.3, 0.4) is 0 Å². The van der Waals surface area contributed by atoms with Gasteiger partial charge in [0.25, 0.3) is 0 Å². The number of carbonyl (C=O) groups is 2. The molecule has 6 nitrogen and oxygen atoms in total. The summed E-state index contributed by atoms with van der Waals surface area (Å²) in [6, 6.07) is 8.04. The van der Waals surface area contributed by atoms with E-state index in [9.17, 15) is 9.59 Å². The Morgan fingerprint density at radius 1 is 1.12 bits per heavy atom. The third kappa shape index (κ3) is 3.87. The first-order valence-electron chi connectivity index (χ1n) is 9.16. The highest BCUT2D eigenvalue weighted by molar-refractivity contribution is 7.99. The van der Waals surface area contributed by atoms with Crippen molar-refractivity contribution in [1.29, 1.82) is 0 Å². The fourth-order valence-electron chi connectivity index (χ4n) is 3.23. The predicted molar refractivity (Wildman–Crippen MR) is 104 cm³/mol. The van der Waals surface area contributed by atoms with E-state index in [2.05, 4.69) is 22.5 Å². The van der Waals surface area contributed by atoms with Crippen LogP contribution in [0.5, 0.6) is 0 Å². The van der Waals surface area contributed by atoms with Crippen LogP contribution in [0.2, 0.25) is 0 Å². The monoisotopic (exact) mass is 374 g/mol. The molecule has 0 aliphatic carbocycles. The molecule has 0 radical (unpaired) electrons. The van der Waals surface area contributed by atoms with Crippen molar-refractivity contribution in [2.45, 2.75) is 32.5 Å². The van der Waals surface area contributed by atoms with E-state index in [0.29, 0.717) is 31.9 Å². The molecule has 2 amide bonds. The molecule has 1 aliphatic heterocycles. The second kappa shape index (κ2) is 8.12. The summed E-state index contributed by atoms with van der Waals surface area (Å²) < 4.78 is 2.15. The largest absolute Gasteiger partial charge is 0.339 e. The predicted octanol–water partition coefficient (Wildman–Crippen LogP) is 2.48. The van der Waals surface area contributed by atoms with Crippen molar-refractivity contribution < 1.29 is 9.59 Å². The number of rotatable bonds is 5. The Kier molecular flexibility index (Phi) is 5.86. The average molecular weight is 375 g/mol. The van der Waals surface area contributed by atoms with Gasteiger partial charge in [-0.25, -0.2) is 4.98 Å². The first-order valence-corrected chi connectivity index (χ1v) is 10.1. The molecule has 0 saturated carbocycles. The molecule has 140 valence electrons. The van der Waals surface area contributed by atoms with Crippen LogP contribution >= 0.6 is 11.8 Å². The maximum atomic E-state index is 12.6. The van der Waals surface area contributed by atoms with Crippen LogP contribution in [0, 0.1) is 5.92 Å². The Labute approximate surface area is 158 Å². The molecule has 2 heterocycles. The molecule has 0 unspecified atom stereocenters. The van der Waals surface area contributed by atoms with Crippen molar-refractivity contribution >= 4 is 34.6 Å². The minimum absolute atomic E-state index is 0.00912. The van der Waals surface area contributed by atoms with E-state index in [1.165, 1.54) is 11.8 Å². The van der Waals surface area contributed by atoms with E-state index in [1.54, 1.807) is 0 Å². The molecule has 3 rings (SSSR count). The minimum Gasteiger partial charge on any atom is -0.339 e. The average Bonchev–Trinajstić information content (AvgIpc) is 3.03. The highest BCUT2D eigenvalue weighted by atomic mass is 32.2. The number of benzene rings is 1. The molecule has 0 atom stereocenters. The van der Waals surface area contributed by atoms with Gasteiger partial charge in [0.05, 0.1) is 16.8 Å². The van der Waals surface area contributed by atoms with Crippen LogP contribution < -0.4 is 0 Å². The van der Waals surface area contributed by atoms with E-state index in [0.717, 1.165) is 22.7 Å². The van der Waals surface area contributed by atoms with Crippen LogP contribution in [-0.4, -0.2) is 63.1 Å². The first kappa shape index (κ1) is 18.8. The van der Waals surface area contributed by atoms with Crippen LogP contribution in [0.1, 0.15) is 20.8 Å². The lowest BCUT2D eigenvalue weighted by Crippen LogP contribution is -2.51. The minimum atomic E-state index is 0.00912. The zero-order valence-corrected chi connectivity index (χ0v) is 16.5. The third-order valence-electron chi connectivity index (χ3n) is 4.70. The van der Waals surface area contributed by atoms with Crippen LogP contribution in [-0.2, 0) is 16.1 Å². The fraction of sp³-hybridized carbons (Fsp3) is 0.526.